The second-order valence-electron chi connectivity index (χ2n) is 2.80. The van der Waals surface area contributed by atoms with Crippen LogP contribution in [0.3, 0.4) is 0 Å². The number of aromatic nitrogens is 2. The van der Waals surface area contributed by atoms with E-state index < -0.39 is 5.97 Å². The minimum absolute atomic E-state index is 0. The molecule has 0 saturated carbocycles. The monoisotopic (exact) mass is 308 g/mol. The van der Waals surface area contributed by atoms with Crippen molar-refractivity contribution < 1.29 is 39.5 Å². The van der Waals surface area contributed by atoms with Crippen LogP contribution in [0.15, 0.2) is 22.8 Å². The molecule has 0 N–H and O–H groups in total. The molecule has 0 fully saturated rings. The van der Waals surface area contributed by atoms with E-state index in [0.29, 0.717) is 20.5 Å². The molecule has 2 rings (SSSR count). The second kappa shape index (κ2) is 5.42. The number of hydrogen-bond acceptors (Lipinski definition) is 4. The maximum Gasteiger partial charge on any atom is 1.00 e. The van der Waals surface area contributed by atoms with Crippen molar-refractivity contribution in [3.8, 4) is 0 Å². The topological polar surface area (TPSA) is 65.9 Å². The van der Waals surface area contributed by atoms with Crippen LogP contribution in [0.5, 0.6) is 0 Å². The van der Waals surface area contributed by atoms with Gasteiger partial charge >= 0.3 is 29.6 Å². The van der Waals surface area contributed by atoms with Gasteiger partial charge in [0.1, 0.15) is 11.2 Å². The fourth-order valence-electron chi connectivity index (χ4n) is 1.15. The van der Waals surface area contributed by atoms with E-state index in [4.69, 9.17) is 11.6 Å². The quantitative estimate of drug-likeness (QED) is 0.596. The van der Waals surface area contributed by atoms with E-state index in [1.807, 2.05) is 0 Å². The normalized spacial score (nSPS) is 9.88. The number of halogens is 2. The minimum atomic E-state index is -1.36. The molecular formula is C9H3BrClN2NaO2. The molecule has 0 aliphatic heterocycles. The summed E-state index contributed by atoms with van der Waals surface area (Å²) in [5.74, 6) is -1.36. The SMILES string of the molecule is O=C([O-])c1cnc2c(Br)cc(Cl)cc2n1.[Na+]. The molecule has 1 aromatic carbocycles. The molecule has 7 heteroatoms. The number of carboxylic acids is 1. The standard InChI is InChI=1S/C9H4BrClN2O2.Na/c10-5-1-4(11)2-6-8(5)12-3-7(13-6)9(14)15;/h1-3H,(H,14,15);/q;+1/p-1. The van der Waals surface area contributed by atoms with Crippen LogP contribution in [-0.4, -0.2) is 15.9 Å². The molecule has 2 aromatic rings. The Hall–Kier alpha value is -0.200. The first-order valence-corrected chi connectivity index (χ1v) is 5.08. The van der Waals surface area contributed by atoms with Crippen molar-refractivity contribution in [3.63, 3.8) is 0 Å². The van der Waals surface area contributed by atoms with Crippen LogP contribution < -0.4 is 34.7 Å². The molecule has 0 saturated heterocycles. The largest absolute Gasteiger partial charge is 1.00 e. The number of nitrogens with zero attached hydrogens (tertiary/aromatic N) is 2. The summed E-state index contributed by atoms with van der Waals surface area (Å²) in [4.78, 5) is 18.4. The van der Waals surface area contributed by atoms with Crippen molar-refractivity contribution in [3.05, 3.63) is 33.5 Å². The van der Waals surface area contributed by atoms with Gasteiger partial charge in [-0.1, -0.05) is 11.6 Å². The predicted molar refractivity (Wildman–Crippen MR) is 56.6 cm³/mol. The fourth-order valence-corrected chi connectivity index (χ4v) is 2.04. The van der Waals surface area contributed by atoms with Crippen LogP contribution in [0.4, 0.5) is 0 Å². The second-order valence-corrected chi connectivity index (χ2v) is 4.09. The van der Waals surface area contributed by atoms with Crippen LogP contribution >= 0.6 is 27.5 Å². The van der Waals surface area contributed by atoms with Gasteiger partial charge in [-0.2, -0.15) is 0 Å². The van der Waals surface area contributed by atoms with Crippen molar-refractivity contribution in [2.75, 3.05) is 0 Å². The molecule has 0 unspecified atom stereocenters. The van der Waals surface area contributed by atoms with Crippen LogP contribution in [-0.2, 0) is 0 Å². The molecule has 4 nitrogen and oxygen atoms in total. The summed E-state index contributed by atoms with van der Waals surface area (Å²) in [7, 11) is 0. The van der Waals surface area contributed by atoms with Gasteiger partial charge in [-0.25, -0.2) is 4.98 Å². The summed E-state index contributed by atoms with van der Waals surface area (Å²) < 4.78 is 0.669. The molecule has 0 radical (unpaired) electrons. The summed E-state index contributed by atoms with van der Waals surface area (Å²) in [6.45, 7) is 0. The molecule has 0 amide bonds. The number of fused-ring (bicyclic) bond motifs is 1. The molecule has 0 bridgehead atoms. The third-order valence-electron chi connectivity index (χ3n) is 1.77. The number of carbonyl (C=O) groups excluding carboxylic acids is 1. The Morgan fingerprint density at radius 1 is 1.44 bits per heavy atom. The smallest absolute Gasteiger partial charge is 0.543 e. The molecule has 0 atom stereocenters. The molecule has 0 spiro atoms. The average molecular weight is 309 g/mol. The molecule has 16 heavy (non-hydrogen) atoms. The predicted octanol–water partition coefficient (Wildman–Crippen LogP) is -1.59. The maximum atomic E-state index is 10.6. The van der Waals surface area contributed by atoms with Gasteiger partial charge in [0.25, 0.3) is 0 Å². The van der Waals surface area contributed by atoms with Crippen molar-refractivity contribution in [1.82, 2.24) is 9.97 Å². The third kappa shape index (κ3) is 2.73. The van der Waals surface area contributed by atoms with Crippen LogP contribution in [0, 0.1) is 0 Å². The molecule has 76 valence electrons. The van der Waals surface area contributed by atoms with Gasteiger partial charge in [0.05, 0.1) is 17.7 Å². The first-order chi connectivity index (χ1) is 7.08. The van der Waals surface area contributed by atoms with Crippen molar-refractivity contribution in [2.24, 2.45) is 0 Å². The summed E-state index contributed by atoms with van der Waals surface area (Å²) >= 11 is 9.05. The van der Waals surface area contributed by atoms with Gasteiger partial charge in [0.15, 0.2) is 0 Å². The van der Waals surface area contributed by atoms with Gasteiger partial charge in [-0.05, 0) is 28.1 Å². The zero-order valence-electron chi connectivity index (χ0n) is 8.20. The van der Waals surface area contributed by atoms with E-state index in [9.17, 15) is 9.90 Å². The molecular weight excluding hydrogens is 306 g/mol. The summed E-state index contributed by atoms with van der Waals surface area (Å²) in [5, 5.41) is 11.0. The first-order valence-electron chi connectivity index (χ1n) is 3.91. The van der Waals surface area contributed by atoms with E-state index in [2.05, 4.69) is 25.9 Å². The van der Waals surface area contributed by atoms with E-state index >= 15 is 0 Å². The minimum Gasteiger partial charge on any atom is -0.543 e. The van der Waals surface area contributed by atoms with Gasteiger partial charge in [-0.15, -0.1) is 0 Å². The Balaban J connectivity index is 0.00000128. The Bertz CT molecular complexity index is 564. The van der Waals surface area contributed by atoms with E-state index in [1.54, 1.807) is 12.1 Å². The first kappa shape index (κ1) is 13.9. The Kier molecular flexibility index (Phi) is 4.70. The number of aromatic carboxylic acids is 1. The van der Waals surface area contributed by atoms with Gasteiger partial charge < -0.3 is 9.90 Å². The Labute approximate surface area is 126 Å². The summed E-state index contributed by atoms with van der Waals surface area (Å²) in [6, 6.07) is 3.21. The van der Waals surface area contributed by atoms with Crippen LogP contribution in [0.2, 0.25) is 5.02 Å². The zero-order valence-corrected chi connectivity index (χ0v) is 12.5. The molecule has 1 heterocycles. The Morgan fingerprint density at radius 3 is 2.75 bits per heavy atom. The van der Waals surface area contributed by atoms with Crippen LogP contribution in [0.25, 0.3) is 11.0 Å². The summed E-state index contributed by atoms with van der Waals surface area (Å²) in [6.07, 6.45) is 1.15. The number of carbonyl (C=O) groups is 1. The van der Waals surface area contributed by atoms with Crippen LogP contribution in [0.1, 0.15) is 10.5 Å². The van der Waals surface area contributed by atoms with E-state index in [1.165, 1.54) is 0 Å². The van der Waals surface area contributed by atoms with Gasteiger partial charge in [0.2, 0.25) is 0 Å². The summed E-state index contributed by atoms with van der Waals surface area (Å²) in [5.41, 5.74) is 0.761. The van der Waals surface area contributed by atoms with Crippen molar-refractivity contribution in [1.29, 1.82) is 0 Å². The number of benzene rings is 1. The van der Waals surface area contributed by atoms with Gasteiger partial charge in [0, 0.05) is 9.50 Å². The maximum absolute atomic E-state index is 10.6. The Morgan fingerprint density at radius 2 is 2.12 bits per heavy atom. The molecule has 1 aromatic heterocycles. The third-order valence-corrected chi connectivity index (χ3v) is 2.60. The van der Waals surface area contributed by atoms with E-state index in [0.717, 1.165) is 6.20 Å². The fraction of sp³-hybridized carbons (Fsp3) is 0. The number of hydrogen-bond donors (Lipinski definition) is 0. The number of rotatable bonds is 1. The van der Waals surface area contributed by atoms with Crippen molar-refractivity contribution in [2.45, 2.75) is 0 Å². The molecule has 0 aliphatic rings. The van der Waals surface area contributed by atoms with Crippen molar-refractivity contribution >= 4 is 44.5 Å². The van der Waals surface area contributed by atoms with Gasteiger partial charge in [-0.3, -0.25) is 4.98 Å². The number of carboxylic acid groups (broad SMARTS) is 1. The zero-order chi connectivity index (χ0) is 11.0. The average Bonchev–Trinajstić information content (AvgIpc) is 2.16. The van der Waals surface area contributed by atoms with E-state index in [-0.39, 0.29) is 35.3 Å². The molecule has 0 aliphatic carbocycles.